The Labute approximate surface area is 122 Å². The number of hydrogen-bond donors (Lipinski definition) is 0. The van der Waals surface area contributed by atoms with Gasteiger partial charge in [0.15, 0.2) is 0 Å². The molecular weight excluding hydrogens is 327 g/mol. The smallest absolute Gasteiger partial charge is 0.299 e. The van der Waals surface area contributed by atoms with E-state index in [9.17, 15) is 14.0 Å². The lowest BCUT2D eigenvalue weighted by Crippen LogP contribution is -2.29. The van der Waals surface area contributed by atoms with Crippen LogP contribution in [0.25, 0.3) is 0 Å². The number of benzene rings is 1. The molecule has 1 aromatic heterocycles. The molecule has 4 nitrogen and oxygen atoms in total. The Bertz CT molecular complexity index is 716. The van der Waals surface area contributed by atoms with Crippen molar-refractivity contribution < 1.29 is 14.0 Å². The molecular formula is C14H8BrFN2O2. The van der Waals surface area contributed by atoms with E-state index in [1.54, 1.807) is 18.3 Å². The lowest BCUT2D eigenvalue weighted by molar-refractivity contribution is -0.114. The Hall–Kier alpha value is -2.08. The largest absolute Gasteiger partial charge is 0.299 e. The summed E-state index contributed by atoms with van der Waals surface area (Å²) < 4.78 is 14.1. The maximum Gasteiger partial charge on any atom is 0.299 e. The molecule has 0 radical (unpaired) electrons. The molecule has 6 heteroatoms. The summed E-state index contributed by atoms with van der Waals surface area (Å²) in [6, 6.07) is 7.22. The van der Waals surface area contributed by atoms with Gasteiger partial charge < -0.3 is 0 Å². The van der Waals surface area contributed by atoms with Crippen LogP contribution in [0.4, 0.5) is 10.1 Å². The Balaban J connectivity index is 1.98. The summed E-state index contributed by atoms with van der Waals surface area (Å²) in [5, 5.41) is 0. The molecule has 2 heterocycles. The summed E-state index contributed by atoms with van der Waals surface area (Å²) in [5.74, 6) is -1.76. The van der Waals surface area contributed by atoms with Gasteiger partial charge >= 0.3 is 0 Å². The van der Waals surface area contributed by atoms with Gasteiger partial charge in [0.1, 0.15) is 5.82 Å². The Morgan fingerprint density at radius 1 is 1.20 bits per heavy atom. The number of carbonyl (C=O) groups is 2. The van der Waals surface area contributed by atoms with Crippen molar-refractivity contribution in [3.8, 4) is 0 Å². The molecule has 0 saturated heterocycles. The van der Waals surface area contributed by atoms with Gasteiger partial charge in [-0.15, -0.1) is 0 Å². The highest BCUT2D eigenvalue weighted by Gasteiger charge is 2.36. The second kappa shape index (κ2) is 4.79. The van der Waals surface area contributed by atoms with Crippen LogP contribution in [0.15, 0.2) is 41.0 Å². The number of rotatable bonds is 2. The minimum absolute atomic E-state index is 0.133. The summed E-state index contributed by atoms with van der Waals surface area (Å²) in [6.07, 6.45) is 1.60. The molecule has 100 valence electrons. The van der Waals surface area contributed by atoms with Crippen molar-refractivity contribution >= 4 is 33.3 Å². The number of amides is 1. The van der Waals surface area contributed by atoms with E-state index in [4.69, 9.17) is 0 Å². The molecule has 0 saturated carbocycles. The van der Waals surface area contributed by atoms with Crippen molar-refractivity contribution in [3.63, 3.8) is 0 Å². The molecule has 1 aliphatic rings. The third-order valence-electron chi connectivity index (χ3n) is 3.04. The minimum Gasteiger partial charge on any atom is -0.299 e. The van der Waals surface area contributed by atoms with Crippen LogP contribution in [0.5, 0.6) is 0 Å². The fourth-order valence-electron chi connectivity index (χ4n) is 2.09. The first kappa shape index (κ1) is 12.9. The van der Waals surface area contributed by atoms with E-state index in [2.05, 4.69) is 20.9 Å². The van der Waals surface area contributed by atoms with Gasteiger partial charge in [0, 0.05) is 10.7 Å². The average molecular weight is 335 g/mol. The number of halogens is 2. The van der Waals surface area contributed by atoms with E-state index in [-0.39, 0.29) is 12.1 Å². The molecule has 0 bridgehead atoms. The number of pyridine rings is 1. The third kappa shape index (κ3) is 2.12. The summed E-state index contributed by atoms with van der Waals surface area (Å²) in [5.41, 5.74) is 1.14. The van der Waals surface area contributed by atoms with Gasteiger partial charge in [0.25, 0.3) is 11.7 Å². The van der Waals surface area contributed by atoms with Gasteiger partial charge in [-0.1, -0.05) is 0 Å². The lowest BCUT2D eigenvalue weighted by atomic mass is 10.1. The van der Waals surface area contributed by atoms with Crippen molar-refractivity contribution in [2.24, 2.45) is 0 Å². The molecule has 0 atom stereocenters. The van der Waals surface area contributed by atoms with Crippen LogP contribution < -0.4 is 4.90 Å². The lowest BCUT2D eigenvalue weighted by Gasteiger charge is -2.15. The fourth-order valence-corrected chi connectivity index (χ4v) is 2.32. The first-order chi connectivity index (χ1) is 9.56. The van der Waals surface area contributed by atoms with Crippen LogP contribution >= 0.6 is 15.9 Å². The van der Waals surface area contributed by atoms with Crippen LogP contribution in [0.1, 0.15) is 16.1 Å². The molecule has 0 aliphatic carbocycles. The van der Waals surface area contributed by atoms with Gasteiger partial charge in [-0.2, -0.15) is 0 Å². The van der Waals surface area contributed by atoms with Crippen molar-refractivity contribution in [1.82, 2.24) is 4.98 Å². The normalized spacial score (nSPS) is 13.8. The molecule has 0 N–H and O–H groups in total. The van der Waals surface area contributed by atoms with Gasteiger partial charge in [0.05, 0.1) is 23.5 Å². The van der Waals surface area contributed by atoms with E-state index in [1.165, 1.54) is 23.1 Å². The highest BCUT2D eigenvalue weighted by molar-refractivity contribution is 9.10. The highest BCUT2D eigenvalue weighted by atomic mass is 79.9. The van der Waals surface area contributed by atoms with Crippen LogP contribution in [0.3, 0.4) is 0 Å². The molecule has 0 unspecified atom stereocenters. The first-order valence-corrected chi connectivity index (χ1v) is 6.62. The topological polar surface area (TPSA) is 50.3 Å². The number of fused-ring (bicyclic) bond motifs is 1. The molecule has 2 aromatic rings. The van der Waals surface area contributed by atoms with Gasteiger partial charge in [-0.05, 0) is 46.3 Å². The zero-order valence-electron chi connectivity index (χ0n) is 10.1. The summed E-state index contributed by atoms with van der Waals surface area (Å²) >= 11 is 3.27. The zero-order valence-corrected chi connectivity index (χ0v) is 11.7. The standard InChI is InChI=1S/C14H8BrFN2O2/c15-8-1-3-10(17-6-8)7-18-12-5-9(16)2-4-11(12)13(19)14(18)20/h1-6H,7H2. The predicted molar refractivity (Wildman–Crippen MR) is 73.9 cm³/mol. The maximum absolute atomic E-state index is 13.3. The maximum atomic E-state index is 13.3. The SMILES string of the molecule is O=C1C(=O)N(Cc2ccc(Br)cn2)c2cc(F)ccc21. The molecule has 20 heavy (non-hydrogen) atoms. The molecule has 0 fully saturated rings. The Morgan fingerprint density at radius 3 is 2.70 bits per heavy atom. The summed E-state index contributed by atoms with van der Waals surface area (Å²) in [6.45, 7) is 0.133. The van der Waals surface area contributed by atoms with Gasteiger partial charge in [-0.3, -0.25) is 19.5 Å². The number of nitrogens with zero attached hydrogens (tertiary/aromatic N) is 2. The Morgan fingerprint density at radius 2 is 2.00 bits per heavy atom. The zero-order chi connectivity index (χ0) is 14.3. The summed E-state index contributed by atoms with van der Waals surface area (Å²) in [4.78, 5) is 29.2. The number of Topliss-reactive ketones (excluding diaryl/α,β-unsaturated/α-hetero) is 1. The number of carbonyl (C=O) groups excluding carboxylic acids is 2. The van der Waals surface area contributed by atoms with E-state index in [0.717, 1.165) is 4.47 Å². The second-order valence-electron chi connectivity index (χ2n) is 4.35. The van der Waals surface area contributed by atoms with Crippen molar-refractivity contribution in [2.45, 2.75) is 6.54 Å². The van der Waals surface area contributed by atoms with Gasteiger partial charge in [-0.25, -0.2) is 4.39 Å². The highest BCUT2D eigenvalue weighted by Crippen LogP contribution is 2.30. The predicted octanol–water partition coefficient (Wildman–Crippen LogP) is 2.71. The third-order valence-corrected chi connectivity index (χ3v) is 3.51. The molecule has 1 amide bonds. The van der Waals surface area contributed by atoms with E-state index in [1.807, 2.05) is 0 Å². The number of ketones is 1. The van der Waals surface area contributed by atoms with Crippen LogP contribution in [0.2, 0.25) is 0 Å². The Kier molecular flexibility index (Phi) is 3.10. The quantitative estimate of drug-likeness (QED) is 0.793. The van der Waals surface area contributed by atoms with E-state index < -0.39 is 17.5 Å². The van der Waals surface area contributed by atoms with Crippen LogP contribution in [0, 0.1) is 5.82 Å². The number of anilines is 1. The van der Waals surface area contributed by atoms with E-state index >= 15 is 0 Å². The number of aromatic nitrogens is 1. The molecule has 3 rings (SSSR count). The summed E-state index contributed by atoms with van der Waals surface area (Å²) in [7, 11) is 0. The monoisotopic (exact) mass is 334 g/mol. The van der Waals surface area contributed by atoms with Crippen LogP contribution in [-0.2, 0) is 11.3 Å². The number of hydrogen-bond acceptors (Lipinski definition) is 3. The first-order valence-electron chi connectivity index (χ1n) is 5.82. The molecule has 1 aliphatic heterocycles. The molecule has 1 aromatic carbocycles. The minimum atomic E-state index is -0.657. The van der Waals surface area contributed by atoms with Crippen molar-refractivity contribution in [1.29, 1.82) is 0 Å². The van der Waals surface area contributed by atoms with E-state index in [0.29, 0.717) is 11.4 Å². The van der Waals surface area contributed by atoms with Crippen molar-refractivity contribution in [2.75, 3.05) is 4.90 Å². The van der Waals surface area contributed by atoms with Crippen LogP contribution in [-0.4, -0.2) is 16.7 Å². The van der Waals surface area contributed by atoms with Crippen molar-refractivity contribution in [3.05, 3.63) is 58.1 Å². The molecule has 0 spiro atoms. The average Bonchev–Trinajstić information content (AvgIpc) is 2.66. The fraction of sp³-hybridized carbons (Fsp3) is 0.0714. The second-order valence-corrected chi connectivity index (χ2v) is 5.27. The van der Waals surface area contributed by atoms with Gasteiger partial charge in [0.2, 0.25) is 0 Å².